The lowest BCUT2D eigenvalue weighted by molar-refractivity contribution is -0.123. The van der Waals surface area contributed by atoms with Gasteiger partial charge in [0.1, 0.15) is 11.4 Å². The van der Waals surface area contributed by atoms with Crippen molar-refractivity contribution in [1.82, 2.24) is 5.32 Å². The summed E-state index contributed by atoms with van der Waals surface area (Å²) in [6.45, 7) is 0. The second kappa shape index (κ2) is 5.96. The van der Waals surface area contributed by atoms with Gasteiger partial charge in [-0.25, -0.2) is 0 Å². The van der Waals surface area contributed by atoms with Gasteiger partial charge in [0.2, 0.25) is 0 Å². The van der Waals surface area contributed by atoms with Crippen LogP contribution in [0.4, 0.5) is 5.69 Å². The molecule has 0 aromatic heterocycles. The molecule has 0 fully saturated rings. The largest absolute Gasteiger partial charge is 0.496 e. The number of hydrogen-bond acceptors (Lipinski definition) is 4. The molecule has 0 saturated heterocycles. The molecule has 23 heavy (non-hydrogen) atoms. The van der Waals surface area contributed by atoms with Gasteiger partial charge < -0.3 is 9.64 Å². The van der Waals surface area contributed by atoms with Crippen LogP contribution in [0.25, 0.3) is 5.57 Å². The third-order valence-electron chi connectivity index (χ3n) is 3.76. The SMILES string of the molecule is COc1ccccc1C1=C(N(C)c2ccccc2)C(=O)NC1=O. The monoisotopic (exact) mass is 308 g/mol. The first-order valence-electron chi connectivity index (χ1n) is 7.15. The smallest absolute Gasteiger partial charge is 0.275 e. The summed E-state index contributed by atoms with van der Waals surface area (Å²) < 4.78 is 5.33. The minimum atomic E-state index is -0.419. The maximum Gasteiger partial charge on any atom is 0.275 e. The molecule has 0 saturated carbocycles. The van der Waals surface area contributed by atoms with Crippen molar-refractivity contribution >= 4 is 23.1 Å². The van der Waals surface area contributed by atoms with Gasteiger partial charge in [0.25, 0.3) is 11.8 Å². The molecule has 5 nitrogen and oxygen atoms in total. The molecule has 1 heterocycles. The van der Waals surface area contributed by atoms with E-state index in [0.29, 0.717) is 22.6 Å². The Bertz CT molecular complexity index is 797. The quantitative estimate of drug-likeness (QED) is 0.880. The minimum absolute atomic E-state index is 0.311. The molecule has 0 spiro atoms. The summed E-state index contributed by atoms with van der Waals surface area (Å²) in [6, 6.07) is 16.6. The number of para-hydroxylation sites is 2. The fraction of sp³-hybridized carbons (Fsp3) is 0.111. The normalized spacial score (nSPS) is 14.0. The van der Waals surface area contributed by atoms with Crippen LogP contribution in [0.3, 0.4) is 0 Å². The molecule has 3 rings (SSSR count). The van der Waals surface area contributed by atoms with Gasteiger partial charge in [-0.15, -0.1) is 0 Å². The Kier molecular flexibility index (Phi) is 3.85. The zero-order chi connectivity index (χ0) is 16.4. The lowest BCUT2D eigenvalue weighted by Crippen LogP contribution is -2.28. The number of nitrogens with zero attached hydrogens (tertiary/aromatic N) is 1. The number of imide groups is 1. The van der Waals surface area contributed by atoms with Crippen molar-refractivity contribution in [2.24, 2.45) is 0 Å². The van der Waals surface area contributed by atoms with E-state index in [1.54, 1.807) is 30.1 Å². The van der Waals surface area contributed by atoms with Crippen LogP contribution >= 0.6 is 0 Å². The Balaban J connectivity index is 2.18. The predicted molar refractivity (Wildman–Crippen MR) is 87.9 cm³/mol. The van der Waals surface area contributed by atoms with Crippen molar-refractivity contribution < 1.29 is 14.3 Å². The van der Waals surface area contributed by atoms with Crippen LogP contribution in [-0.4, -0.2) is 26.0 Å². The Morgan fingerprint density at radius 3 is 2.26 bits per heavy atom. The standard InChI is InChI=1S/C18H16N2O3/c1-20(12-8-4-3-5-9-12)16-15(17(21)19-18(16)22)13-10-6-7-11-14(13)23-2/h3-11H,1-2H3,(H,19,21,22). The first-order chi connectivity index (χ1) is 11.1. The number of rotatable bonds is 4. The van der Waals surface area contributed by atoms with Gasteiger partial charge in [-0.3, -0.25) is 14.9 Å². The first-order valence-corrected chi connectivity index (χ1v) is 7.15. The van der Waals surface area contributed by atoms with E-state index in [1.165, 1.54) is 7.11 Å². The fourth-order valence-electron chi connectivity index (χ4n) is 2.65. The van der Waals surface area contributed by atoms with Crippen molar-refractivity contribution in [2.75, 3.05) is 19.1 Å². The number of anilines is 1. The van der Waals surface area contributed by atoms with Crippen molar-refractivity contribution in [3.05, 3.63) is 65.9 Å². The predicted octanol–water partition coefficient (Wildman–Crippen LogP) is 2.20. The second-order valence-corrected chi connectivity index (χ2v) is 5.10. The highest BCUT2D eigenvalue weighted by Gasteiger charge is 2.35. The van der Waals surface area contributed by atoms with Gasteiger partial charge in [-0.05, 0) is 18.2 Å². The lowest BCUT2D eigenvalue weighted by Gasteiger charge is -2.20. The zero-order valence-corrected chi connectivity index (χ0v) is 12.9. The van der Waals surface area contributed by atoms with Crippen LogP contribution in [-0.2, 0) is 9.59 Å². The third kappa shape index (κ3) is 2.57. The summed E-state index contributed by atoms with van der Waals surface area (Å²) in [4.78, 5) is 26.3. The molecule has 1 aliphatic rings. The summed E-state index contributed by atoms with van der Waals surface area (Å²) in [6.07, 6.45) is 0. The van der Waals surface area contributed by atoms with E-state index in [-0.39, 0.29) is 0 Å². The average Bonchev–Trinajstić information content (AvgIpc) is 2.88. The minimum Gasteiger partial charge on any atom is -0.496 e. The number of benzene rings is 2. The van der Waals surface area contributed by atoms with Gasteiger partial charge in [0.15, 0.2) is 0 Å². The van der Waals surface area contributed by atoms with E-state index in [2.05, 4.69) is 5.32 Å². The van der Waals surface area contributed by atoms with E-state index < -0.39 is 11.8 Å². The molecule has 0 aliphatic carbocycles. The molecule has 5 heteroatoms. The molecule has 0 unspecified atom stereocenters. The van der Waals surface area contributed by atoms with Crippen molar-refractivity contribution in [1.29, 1.82) is 0 Å². The van der Waals surface area contributed by atoms with E-state index in [0.717, 1.165) is 5.69 Å². The maximum absolute atomic E-state index is 12.3. The molecule has 1 aliphatic heterocycles. The highest BCUT2D eigenvalue weighted by molar-refractivity contribution is 6.37. The highest BCUT2D eigenvalue weighted by Crippen LogP contribution is 2.33. The first kappa shape index (κ1) is 14.8. The number of nitrogens with one attached hydrogen (secondary N) is 1. The van der Waals surface area contributed by atoms with Gasteiger partial charge >= 0.3 is 0 Å². The number of hydrogen-bond donors (Lipinski definition) is 1. The highest BCUT2D eigenvalue weighted by atomic mass is 16.5. The molecular formula is C18H16N2O3. The topological polar surface area (TPSA) is 58.6 Å². The number of amides is 2. The van der Waals surface area contributed by atoms with Crippen LogP contribution in [0.15, 0.2) is 60.3 Å². The van der Waals surface area contributed by atoms with E-state index >= 15 is 0 Å². The van der Waals surface area contributed by atoms with E-state index in [9.17, 15) is 9.59 Å². The summed E-state index contributed by atoms with van der Waals surface area (Å²) in [7, 11) is 3.30. The fourth-order valence-corrected chi connectivity index (χ4v) is 2.65. The number of methoxy groups -OCH3 is 1. The van der Waals surface area contributed by atoms with Crippen LogP contribution in [0, 0.1) is 0 Å². The van der Waals surface area contributed by atoms with Gasteiger partial charge in [0.05, 0.1) is 12.7 Å². The molecule has 0 bridgehead atoms. The number of carbonyl (C=O) groups excluding carboxylic acids is 2. The van der Waals surface area contributed by atoms with Crippen molar-refractivity contribution in [3.63, 3.8) is 0 Å². The molecule has 0 radical (unpaired) electrons. The zero-order valence-electron chi connectivity index (χ0n) is 12.9. The van der Waals surface area contributed by atoms with Gasteiger partial charge in [0, 0.05) is 18.3 Å². The summed E-state index contributed by atoms with van der Waals surface area (Å²) in [5, 5.41) is 2.37. The molecule has 2 amide bonds. The molecule has 2 aromatic rings. The van der Waals surface area contributed by atoms with Crippen LogP contribution in [0.2, 0.25) is 0 Å². The third-order valence-corrected chi connectivity index (χ3v) is 3.76. The van der Waals surface area contributed by atoms with Crippen LogP contribution < -0.4 is 15.0 Å². The Hall–Kier alpha value is -3.08. The summed E-state index contributed by atoms with van der Waals surface area (Å²) >= 11 is 0. The number of likely N-dealkylation sites (N-methyl/N-ethyl adjacent to an activating group) is 1. The number of ether oxygens (including phenoxy) is 1. The Labute approximate surface area is 134 Å². The molecule has 116 valence electrons. The van der Waals surface area contributed by atoms with Crippen molar-refractivity contribution in [3.8, 4) is 5.75 Å². The van der Waals surface area contributed by atoms with Crippen LogP contribution in [0.5, 0.6) is 5.75 Å². The molecule has 2 aromatic carbocycles. The van der Waals surface area contributed by atoms with Gasteiger partial charge in [-0.2, -0.15) is 0 Å². The van der Waals surface area contributed by atoms with E-state index in [4.69, 9.17) is 4.74 Å². The molecule has 0 atom stereocenters. The lowest BCUT2D eigenvalue weighted by atomic mass is 10.0. The summed E-state index contributed by atoms with van der Waals surface area (Å²) in [5.74, 6) is -0.286. The molecule has 1 N–H and O–H groups in total. The van der Waals surface area contributed by atoms with E-state index in [1.807, 2.05) is 36.4 Å². The Morgan fingerprint density at radius 2 is 1.57 bits per heavy atom. The van der Waals surface area contributed by atoms with Crippen molar-refractivity contribution in [2.45, 2.75) is 0 Å². The summed E-state index contributed by atoms with van der Waals surface area (Å²) in [5.41, 5.74) is 2.04. The van der Waals surface area contributed by atoms with Gasteiger partial charge in [-0.1, -0.05) is 36.4 Å². The number of carbonyl (C=O) groups is 2. The maximum atomic E-state index is 12.3. The Morgan fingerprint density at radius 1 is 0.913 bits per heavy atom. The molecular weight excluding hydrogens is 292 g/mol. The second-order valence-electron chi connectivity index (χ2n) is 5.10. The average molecular weight is 308 g/mol. The van der Waals surface area contributed by atoms with Crippen LogP contribution in [0.1, 0.15) is 5.56 Å².